The van der Waals surface area contributed by atoms with E-state index < -0.39 is 0 Å². The fraction of sp³-hybridized carbons (Fsp3) is 0.316. The van der Waals surface area contributed by atoms with E-state index in [0.717, 1.165) is 24.2 Å². The summed E-state index contributed by atoms with van der Waals surface area (Å²) in [7, 11) is 0. The SMILES string of the molecule is CCCCC(=O)N1CC(c2ccccc2)Nc2ccccc21. The van der Waals surface area contributed by atoms with Gasteiger partial charge in [0.25, 0.3) is 0 Å². The van der Waals surface area contributed by atoms with E-state index in [2.05, 4.69) is 24.4 Å². The van der Waals surface area contributed by atoms with Crippen LogP contribution in [-0.4, -0.2) is 12.5 Å². The zero-order valence-electron chi connectivity index (χ0n) is 13.0. The van der Waals surface area contributed by atoms with Gasteiger partial charge in [-0.2, -0.15) is 0 Å². The lowest BCUT2D eigenvalue weighted by molar-refractivity contribution is -0.118. The van der Waals surface area contributed by atoms with Crippen molar-refractivity contribution in [2.75, 3.05) is 16.8 Å². The van der Waals surface area contributed by atoms with Gasteiger partial charge in [-0.15, -0.1) is 0 Å². The molecule has 1 aliphatic rings. The number of hydrogen-bond acceptors (Lipinski definition) is 2. The minimum atomic E-state index is 0.140. The maximum Gasteiger partial charge on any atom is 0.227 e. The molecule has 114 valence electrons. The largest absolute Gasteiger partial charge is 0.375 e. The Morgan fingerprint density at radius 1 is 1.14 bits per heavy atom. The molecule has 0 saturated carbocycles. The van der Waals surface area contributed by atoms with Gasteiger partial charge in [0.1, 0.15) is 0 Å². The van der Waals surface area contributed by atoms with E-state index >= 15 is 0 Å². The lowest BCUT2D eigenvalue weighted by Crippen LogP contribution is -2.40. The van der Waals surface area contributed by atoms with Crippen molar-refractivity contribution >= 4 is 17.3 Å². The van der Waals surface area contributed by atoms with E-state index in [1.54, 1.807) is 0 Å². The number of nitrogens with one attached hydrogen (secondary N) is 1. The molecule has 0 radical (unpaired) electrons. The molecule has 3 heteroatoms. The predicted octanol–water partition coefficient (Wildman–Crippen LogP) is 4.38. The third kappa shape index (κ3) is 2.98. The second-order valence-corrected chi connectivity index (χ2v) is 5.73. The van der Waals surface area contributed by atoms with Gasteiger partial charge < -0.3 is 10.2 Å². The molecule has 1 aliphatic heterocycles. The van der Waals surface area contributed by atoms with Crippen LogP contribution in [0.15, 0.2) is 54.6 Å². The average molecular weight is 294 g/mol. The summed E-state index contributed by atoms with van der Waals surface area (Å²) in [6, 6.07) is 18.5. The second kappa shape index (κ2) is 6.65. The van der Waals surface area contributed by atoms with Crippen molar-refractivity contribution in [2.24, 2.45) is 0 Å². The molecule has 0 spiro atoms. The summed E-state index contributed by atoms with van der Waals surface area (Å²) in [6.45, 7) is 2.80. The summed E-state index contributed by atoms with van der Waals surface area (Å²) in [4.78, 5) is 14.5. The summed E-state index contributed by atoms with van der Waals surface area (Å²) < 4.78 is 0. The van der Waals surface area contributed by atoms with Gasteiger partial charge in [-0.3, -0.25) is 4.79 Å². The molecule has 0 bridgehead atoms. The average Bonchev–Trinajstić information content (AvgIpc) is 2.59. The highest BCUT2D eigenvalue weighted by Crippen LogP contribution is 2.35. The molecule has 2 aromatic carbocycles. The van der Waals surface area contributed by atoms with Gasteiger partial charge in [0.05, 0.1) is 24.0 Å². The van der Waals surface area contributed by atoms with Crippen LogP contribution < -0.4 is 10.2 Å². The first-order chi connectivity index (χ1) is 10.8. The van der Waals surface area contributed by atoms with Gasteiger partial charge in [-0.1, -0.05) is 55.8 Å². The van der Waals surface area contributed by atoms with Crippen molar-refractivity contribution in [1.82, 2.24) is 0 Å². The number of anilines is 2. The number of para-hydroxylation sites is 2. The number of fused-ring (bicyclic) bond motifs is 1. The van der Waals surface area contributed by atoms with Crippen molar-refractivity contribution < 1.29 is 4.79 Å². The quantitative estimate of drug-likeness (QED) is 0.907. The minimum Gasteiger partial charge on any atom is -0.375 e. The lowest BCUT2D eigenvalue weighted by Gasteiger charge is -2.36. The molecule has 0 aliphatic carbocycles. The van der Waals surface area contributed by atoms with E-state index in [9.17, 15) is 4.79 Å². The van der Waals surface area contributed by atoms with E-state index in [-0.39, 0.29) is 11.9 Å². The molecule has 0 fully saturated rings. The number of carbonyl (C=O) groups is 1. The molecule has 0 saturated heterocycles. The number of hydrogen-bond donors (Lipinski definition) is 1. The van der Waals surface area contributed by atoms with E-state index in [0.29, 0.717) is 13.0 Å². The molecule has 1 amide bonds. The first-order valence-electron chi connectivity index (χ1n) is 8.00. The standard InChI is InChI=1S/C19H22N2O/c1-2-3-13-19(22)21-14-17(15-9-5-4-6-10-15)20-16-11-7-8-12-18(16)21/h4-12,17,20H,2-3,13-14H2,1H3. The molecule has 22 heavy (non-hydrogen) atoms. The summed E-state index contributed by atoms with van der Waals surface area (Å²) in [6.07, 6.45) is 2.61. The van der Waals surface area contributed by atoms with Gasteiger partial charge in [0, 0.05) is 6.42 Å². The maximum atomic E-state index is 12.6. The molecule has 1 atom stereocenters. The summed E-state index contributed by atoms with van der Waals surface area (Å²) >= 11 is 0. The van der Waals surface area contributed by atoms with Crippen LogP contribution in [0.4, 0.5) is 11.4 Å². The molecule has 1 N–H and O–H groups in total. The Morgan fingerprint density at radius 3 is 2.64 bits per heavy atom. The van der Waals surface area contributed by atoms with Crippen molar-refractivity contribution in [3.8, 4) is 0 Å². The number of nitrogens with zero attached hydrogens (tertiary/aromatic N) is 1. The molecular formula is C19H22N2O. The third-order valence-electron chi connectivity index (χ3n) is 4.14. The van der Waals surface area contributed by atoms with Crippen LogP contribution >= 0.6 is 0 Å². The fourth-order valence-corrected chi connectivity index (χ4v) is 2.92. The maximum absolute atomic E-state index is 12.6. The molecule has 3 rings (SSSR count). The summed E-state index contributed by atoms with van der Waals surface area (Å²) in [5.74, 6) is 0.219. The van der Waals surface area contributed by atoms with Crippen molar-refractivity contribution in [2.45, 2.75) is 32.2 Å². The van der Waals surface area contributed by atoms with Gasteiger partial charge in [0.15, 0.2) is 0 Å². The Hall–Kier alpha value is -2.29. The Labute approximate surface area is 132 Å². The number of carbonyl (C=O) groups excluding carboxylic acids is 1. The molecule has 1 unspecified atom stereocenters. The van der Waals surface area contributed by atoms with Gasteiger partial charge >= 0.3 is 0 Å². The Kier molecular flexibility index (Phi) is 4.42. The van der Waals surface area contributed by atoms with Gasteiger partial charge in [-0.05, 0) is 24.1 Å². The van der Waals surface area contributed by atoms with Crippen LogP contribution in [0.5, 0.6) is 0 Å². The second-order valence-electron chi connectivity index (χ2n) is 5.73. The first-order valence-corrected chi connectivity index (χ1v) is 8.00. The highest BCUT2D eigenvalue weighted by atomic mass is 16.2. The monoisotopic (exact) mass is 294 g/mol. The molecule has 0 aromatic heterocycles. The predicted molar refractivity (Wildman–Crippen MR) is 91.1 cm³/mol. The number of amides is 1. The zero-order valence-corrected chi connectivity index (χ0v) is 13.0. The van der Waals surface area contributed by atoms with Crippen LogP contribution in [-0.2, 0) is 4.79 Å². The van der Waals surface area contributed by atoms with Crippen molar-refractivity contribution in [3.63, 3.8) is 0 Å². The number of benzene rings is 2. The Balaban J connectivity index is 1.90. The van der Waals surface area contributed by atoms with Gasteiger partial charge in [0.2, 0.25) is 5.91 Å². The van der Waals surface area contributed by atoms with Crippen LogP contribution in [0.1, 0.15) is 37.8 Å². The number of unbranched alkanes of at least 4 members (excludes halogenated alkanes) is 1. The van der Waals surface area contributed by atoms with Crippen LogP contribution in [0.25, 0.3) is 0 Å². The van der Waals surface area contributed by atoms with Crippen molar-refractivity contribution in [3.05, 3.63) is 60.2 Å². The molecule has 3 nitrogen and oxygen atoms in total. The number of rotatable bonds is 4. The zero-order chi connectivity index (χ0) is 15.4. The normalized spacial score (nSPS) is 16.8. The smallest absolute Gasteiger partial charge is 0.227 e. The highest BCUT2D eigenvalue weighted by molar-refractivity contribution is 5.97. The van der Waals surface area contributed by atoms with Crippen molar-refractivity contribution in [1.29, 1.82) is 0 Å². The highest BCUT2D eigenvalue weighted by Gasteiger charge is 2.28. The third-order valence-corrected chi connectivity index (χ3v) is 4.14. The Bertz CT molecular complexity index is 639. The molecular weight excluding hydrogens is 272 g/mol. The summed E-state index contributed by atoms with van der Waals surface area (Å²) in [5.41, 5.74) is 3.24. The molecule has 2 aromatic rings. The van der Waals surface area contributed by atoms with Crippen LogP contribution in [0.3, 0.4) is 0 Å². The topological polar surface area (TPSA) is 32.3 Å². The minimum absolute atomic E-state index is 0.140. The van der Waals surface area contributed by atoms with E-state index in [1.165, 1.54) is 5.56 Å². The lowest BCUT2D eigenvalue weighted by atomic mass is 10.0. The first kappa shape index (κ1) is 14.6. The fourth-order valence-electron chi connectivity index (χ4n) is 2.92. The van der Waals surface area contributed by atoms with Gasteiger partial charge in [-0.25, -0.2) is 0 Å². The Morgan fingerprint density at radius 2 is 1.86 bits per heavy atom. The molecule has 1 heterocycles. The van der Waals surface area contributed by atoms with Crippen LogP contribution in [0.2, 0.25) is 0 Å². The van der Waals surface area contributed by atoms with Crippen LogP contribution in [0, 0.1) is 0 Å². The van der Waals surface area contributed by atoms with E-state index in [1.807, 2.05) is 47.4 Å². The van der Waals surface area contributed by atoms with E-state index in [4.69, 9.17) is 0 Å². The summed E-state index contributed by atoms with van der Waals surface area (Å²) in [5, 5.41) is 3.56.